The van der Waals surface area contributed by atoms with Crippen molar-refractivity contribution in [1.82, 2.24) is 5.32 Å². The predicted octanol–water partition coefficient (Wildman–Crippen LogP) is 2.03. The fraction of sp³-hybridized carbons (Fsp3) is 0.263. The molecular formula is C19H21NO6S. The Balaban J connectivity index is 2.73. The van der Waals surface area contributed by atoms with Crippen molar-refractivity contribution < 1.29 is 27.9 Å². The van der Waals surface area contributed by atoms with E-state index in [1.54, 1.807) is 30.3 Å². The molecule has 7 nitrogen and oxygen atoms in total. The molecule has 0 aliphatic rings. The summed E-state index contributed by atoms with van der Waals surface area (Å²) < 4.78 is 29.8. The smallest absolute Gasteiger partial charge is 0.307 e. The molecule has 0 fully saturated rings. The fourth-order valence-corrected chi connectivity index (χ4v) is 3.77. The van der Waals surface area contributed by atoms with Gasteiger partial charge in [-0.2, -0.15) is 0 Å². The minimum absolute atomic E-state index is 0.0141. The van der Waals surface area contributed by atoms with E-state index in [1.807, 2.05) is 0 Å². The molecule has 0 bridgehead atoms. The number of rotatable bonds is 7. The molecule has 0 atom stereocenters. The van der Waals surface area contributed by atoms with Gasteiger partial charge in [-0.15, -0.1) is 0 Å². The molecule has 2 aromatic rings. The van der Waals surface area contributed by atoms with Crippen LogP contribution in [0, 0.1) is 0 Å². The first-order chi connectivity index (χ1) is 12.6. The second kappa shape index (κ2) is 8.22. The first kappa shape index (κ1) is 20.4. The molecule has 0 heterocycles. The third-order valence-electron chi connectivity index (χ3n) is 3.96. The second-order valence-corrected chi connectivity index (χ2v) is 8.05. The molecule has 0 aromatic heterocycles. The van der Waals surface area contributed by atoms with E-state index in [-0.39, 0.29) is 23.8 Å². The van der Waals surface area contributed by atoms with Crippen LogP contribution in [0.4, 0.5) is 0 Å². The van der Waals surface area contributed by atoms with Crippen molar-refractivity contribution >= 4 is 21.7 Å². The largest absolute Gasteiger partial charge is 0.496 e. The van der Waals surface area contributed by atoms with Crippen LogP contribution in [0.5, 0.6) is 5.75 Å². The van der Waals surface area contributed by atoms with E-state index in [9.17, 15) is 18.0 Å². The van der Waals surface area contributed by atoms with E-state index < -0.39 is 15.8 Å². The molecule has 0 radical (unpaired) electrons. The quantitative estimate of drug-likeness (QED) is 0.747. The van der Waals surface area contributed by atoms with E-state index in [1.165, 1.54) is 20.1 Å². The zero-order chi connectivity index (χ0) is 20.2. The number of carboxylic acids is 1. The first-order valence-corrected chi connectivity index (χ1v) is 9.98. The van der Waals surface area contributed by atoms with Gasteiger partial charge >= 0.3 is 5.97 Å². The zero-order valence-electron chi connectivity index (χ0n) is 15.3. The van der Waals surface area contributed by atoms with Crippen LogP contribution in [0.3, 0.4) is 0 Å². The minimum Gasteiger partial charge on any atom is -0.496 e. The van der Waals surface area contributed by atoms with E-state index in [2.05, 4.69) is 5.32 Å². The molecule has 0 saturated heterocycles. The maximum absolute atomic E-state index is 12.2. The lowest BCUT2D eigenvalue weighted by Crippen LogP contribution is -2.21. The number of carboxylic acid groups (broad SMARTS) is 1. The van der Waals surface area contributed by atoms with E-state index in [0.717, 1.165) is 6.26 Å². The topological polar surface area (TPSA) is 110 Å². The van der Waals surface area contributed by atoms with Gasteiger partial charge in [0.15, 0.2) is 9.84 Å². The third-order valence-corrected chi connectivity index (χ3v) is 5.14. The van der Waals surface area contributed by atoms with Gasteiger partial charge in [0.05, 0.1) is 18.4 Å². The summed E-state index contributed by atoms with van der Waals surface area (Å²) in [6, 6.07) is 9.74. The van der Waals surface area contributed by atoms with Crippen molar-refractivity contribution in [3.8, 4) is 16.9 Å². The van der Waals surface area contributed by atoms with Crippen LogP contribution in [0.1, 0.15) is 18.1 Å². The van der Waals surface area contributed by atoms with Crippen molar-refractivity contribution in [2.75, 3.05) is 13.4 Å². The minimum atomic E-state index is -3.55. The molecule has 8 heteroatoms. The number of benzene rings is 2. The predicted molar refractivity (Wildman–Crippen MR) is 100 cm³/mol. The Morgan fingerprint density at radius 1 is 1.15 bits per heavy atom. The van der Waals surface area contributed by atoms with Gasteiger partial charge in [0.1, 0.15) is 5.75 Å². The van der Waals surface area contributed by atoms with Gasteiger partial charge < -0.3 is 15.2 Å². The van der Waals surface area contributed by atoms with Crippen molar-refractivity contribution in [2.24, 2.45) is 0 Å². The number of methoxy groups -OCH3 is 1. The molecule has 27 heavy (non-hydrogen) atoms. The van der Waals surface area contributed by atoms with E-state index >= 15 is 0 Å². The van der Waals surface area contributed by atoms with Crippen LogP contribution in [0.2, 0.25) is 0 Å². The van der Waals surface area contributed by atoms with Gasteiger partial charge in [-0.05, 0) is 34.9 Å². The van der Waals surface area contributed by atoms with Crippen molar-refractivity contribution in [1.29, 1.82) is 0 Å². The van der Waals surface area contributed by atoms with Gasteiger partial charge in [-0.25, -0.2) is 8.42 Å². The number of aliphatic carboxylic acids is 1. The zero-order valence-corrected chi connectivity index (χ0v) is 16.1. The average molecular weight is 391 g/mol. The summed E-state index contributed by atoms with van der Waals surface area (Å²) in [5, 5.41) is 11.7. The summed E-state index contributed by atoms with van der Waals surface area (Å²) in [5.41, 5.74) is 2.08. The normalized spacial score (nSPS) is 11.1. The maximum atomic E-state index is 12.2. The van der Waals surface area contributed by atoms with Gasteiger partial charge in [0.2, 0.25) is 5.91 Å². The molecule has 0 spiro atoms. The van der Waals surface area contributed by atoms with Crippen LogP contribution in [-0.4, -0.2) is 38.8 Å². The summed E-state index contributed by atoms with van der Waals surface area (Å²) in [6.45, 7) is 1.36. The molecule has 2 aromatic carbocycles. The number of nitrogens with one attached hydrogen (secondary N) is 1. The molecule has 0 aliphatic carbocycles. The number of sulfone groups is 1. The summed E-state index contributed by atoms with van der Waals surface area (Å²) in [6.07, 6.45) is 0.922. The second-order valence-electron chi connectivity index (χ2n) is 6.07. The fourth-order valence-electron chi connectivity index (χ4n) is 2.81. The Hall–Kier alpha value is -2.87. The lowest BCUT2D eigenvalue weighted by Gasteiger charge is -2.17. The van der Waals surface area contributed by atoms with Gasteiger partial charge in [0, 0.05) is 25.3 Å². The van der Waals surface area contributed by atoms with E-state index in [0.29, 0.717) is 28.0 Å². The summed E-state index contributed by atoms with van der Waals surface area (Å²) in [5.74, 6) is -0.802. The number of carbonyl (C=O) groups excluding carboxylic acids is 1. The standard InChI is InChI=1S/C19H21NO6S/c1-12(21)20-11-16-14(5-4-6-18(16)27(3,24)25)15-9-13(10-19(22)23)7-8-17(15)26-2/h4-9H,10-11H2,1-3H3,(H,20,21)(H,22,23). The maximum Gasteiger partial charge on any atom is 0.307 e. The van der Waals surface area contributed by atoms with Crippen LogP contribution < -0.4 is 10.1 Å². The Bertz CT molecular complexity index is 982. The van der Waals surface area contributed by atoms with Crippen molar-refractivity contribution in [3.05, 3.63) is 47.5 Å². The summed E-state index contributed by atoms with van der Waals surface area (Å²) in [7, 11) is -2.07. The molecule has 2 N–H and O–H groups in total. The number of amides is 1. The highest BCUT2D eigenvalue weighted by Gasteiger charge is 2.20. The van der Waals surface area contributed by atoms with Gasteiger partial charge in [-0.3, -0.25) is 9.59 Å². The Labute approximate surface area is 157 Å². The number of ether oxygens (including phenoxy) is 1. The van der Waals surface area contributed by atoms with Gasteiger partial charge in [-0.1, -0.05) is 18.2 Å². The lowest BCUT2D eigenvalue weighted by molar-refractivity contribution is -0.136. The average Bonchev–Trinajstić information content (AvgIpc) is 2.58. The Kier molecular flexibility index (Phi) is 6.22. The molecule has 0 aliphatic heterocycles. The SMILES string of the molecule is COc1ccc(CC(=O)O)cc1-c1cccc(S(C)(=O)=O)c1CNC(C)=O. The van der Waals surface area contributed by atoms with Crippen LogP contribution >= 0.6 is 0 Å². The number of hydrogen-bond donors (Lipinski definition) is 2. The molecule has 0 saturated carbocycles. The number of carbonyl (C=O) groups is 2. The molecule has 0 unspecified atom stereocenters. The Morgan fingerprint density at radius 2 is 1.85 bits per heavy atom. The molecular weight excluding hydrogens is 370 g/mol. The summed E-state index contributed by atoms with van der Waals surface area (Å²) >= 11 is 0. The van der Waals surface area contributed by atoms with Crippen molar-refractivity contribution in [2.45, 2.75) is 24.8 Å². The highest BCUT2D eigenvalue weighted by Crippen LogP contribution is 2.36. The van der Waals surface area contributed by atoms with Gasteiger partial charge in [0.25, 0.3) is 0 Å². The molecule has 1 amide bonds. The Morgan fingerprint density at radius 3 is 2.41 bits per heavy atom. The van der Waals surface area contributed by atoms with Crippen LogP contribution in [-0.2, 0) is 32.4 Å². The third kappa shape index (κ3) is 5.07. The highest BCUT2D eigenvalue weighted by atomic mass is 32.2. The number of hydrogen-bond acceptors (Lipinski definition) is 5. The lowest BCUT2D eigenvalue weighted by atomic mass is 9.96. The first-order valence-electron chi connectivity index (χ1n) is 8.09. The highest BCUT2D eigenvalue weighted by molar-refractivity contribution is 7.90. The molecule has 144 valence electrons. The van der Waals surface area contributed by atoms with Crippen molar-refractivity contribution in [3.63, 3.8) is 0 Å². The summed E-state index contributed by atoms with van der Waals surface area (Å²) in [4.78, 5) is 22.5. The monoisotopic (exact) mass is 391 g/mol. The van der Waals surface area contributed by atoms with Crippen LogP contribution in [0.25, 0.3) is 11.1 Å². The van der Waals surface area contributed by atoms with Crippen LogP contribution in [0.15, 0.2) is 41.3 Å². The molecule has 2 rings (SSSR count). The van der Waals surface area contributed by atoms with E-state index in [4.69, 9.17) is 9.84 Å².